The van der Waals surface area contributed by atoms with E-state index < -0.39 is 0 Å². The molecule has 134 valence electrons. The quantitative estimate of drug-likeness (QED) is 0.765. The van der Waals surface area contributed by atoms with E-state index in [0.29, 0.717) is 35.7 Å². The monoisotopic (exact) mass is 353 g/mol. The van der Waals surface area contributed by atoms with Crippen LogP contribution in [0, 0.1) is 0 Å². The summed E-state index contributed by atoms with van der Waals surface area (Å²) < 4.78 is 5.61. The van der Waals surface area contributed by atoms with Crippen molar-refractivity contribution in [1.29, 1.82) is 0 Å². The molecule has 1 heterocycles. The lowest BCUT2D eigenvalue weighted by Gasteiger charge is -2.19. The lowest BCUT2D eigenvalue weighted by Crippen LogP contribution is -2.32. The Morgan fingerprint density at radius 3 is 2.46 bits per heavy atom. The number of ether oxygens (including phenoxy) is 1. The number of amides is 3. The first-order valence-electron chi connectivity index (χ1n) is 8.23. The van der Waals surface area contributed by atoms with Crippen molar-refractivity contribution in [3.05, 3.63) is 53.6 Å². The number of nitrogens with one attached hydrogen (secondary N) is 3. The zero-order valence-corrected chi connectivity index (χ0v) is 14.3. The Morgan fingerprint density at radius 2 is 1.77 bits per heavy atom. The fourth-order valence-corrected chi connectivity index (χ4v) is 2.75. The molecule has 0 saturated carbocycles. The molecule has 7 nitrogen and oxygen atoms in total. The van der Waals surface area contributed by atoms with Crippen molar-refractivity contribution in [2.45, 2.75) is 13.3 Å². The van der Waals surface area contributed by atoms with E-state index >= 15 is 0 Å². The predicted molar refractivity (Wildman–Crippen MR) is 97.3 cm³/mol. The standard InChI is InChI=1S/C19H19N3O4/c1-12(23)21-13-5-7-14(8-6-13)22-18(24)11-26-17-4-2-3-16-15(17)9-10-20-19(16)25/h2-8H,9-11H2,1H3,(H,20,25)(H,21,23)(H,22,24). The van der Waals surface area contributed by atoms with Gasteiger partial charge in [0.05, 0.1) is 0 Å². The van der Waals surface area contributed by atoms with E-state index in [9.17, 15) is 14.4 Å². The highest BCUT2D eigenvalue weighted by Crippen LogP contribution is 2.25. The summed E-state index contributed by atoms with van der Waals surface area (Å²) in [7, 11) is 0. The molecule has 0 spiro atoms. The normalized spacial score (nSPS) is 12.6. The molecule has 0 saturated heterocycles. The molecule has 0 aliphatic carbocycles. The fourth-order valence-electron chi connectivity index (χ4n) is 2.75. The second-order valence-electron chi connectivity index (χ2n) is 5.88. The van der Waals surface area contributed by atoms with Gasteiger partial charge in [-0.05, 0) is 42.8 Å². The Kier molecular flexibility index (Phi) is 5.17. The van der Waals surface area contributed by atoms with E-state index in [1.165, 1.54) is 6.92 Å². The van der Waals surface area contributed by atoms with Gasteiger partial charge in [0.25, 0.3) is 11.8 Å². The summed E-state index contributed by atoms with van der Waals surface area (Å²) in [6.45, 7) is 1.82. The highest BCUT2D eigenvalue weighted by atomic mass is 16.5. The molecule has 0 fully saturated rings. The van der Waals surface area contributed by atoms with E-state index in [0.717, 1.165) is 5.56 Å². The average molecular weight is 353 g/mol. The molecular formula is C19H19N3O4. The maximum Gasteiger partial charge on any atom is 0.262 e. The highest BCUT2D eigenvalue weighted by molar-refractivity contribution is 5.97. The number of rotatable bonds is 5. The Hall–Kier alpha value is -3.35. The number of benzene rings is 2. The van der Waals surface area contributed by atoms with E-state index in [1.807, 2.05) is 0 Å². The Bertz CT molecular complexity index is 846. The number of hydrogen-bond donors (Lipinski definition) is 3. The summed E-state index contributed by atoms with van der Waals surface area (Å²) >= 11 is 0. The molecule has 1 aliphatic heterocycles. The van der Waals surface area contributed by atoms with Gasteiger partial charge in [-0.15, -0.1) is 0 Å². The molecule has 0 atom stereocenters. The number of fused-ring (bicyclic) bond motifs is 1. The van der Waals surface area contributed by atoms with Gasteiger partial charge in [0, 0.05) is 36.0 Å². The summed E-state index contributed by atoms with van der Waals surface area (Å²) in [5.74, 6) is -0.0425. The smallest absolute Gasteiger partial charge is 0.262 e. The van der Waals surface area contributed by atoms with Gasteiger partial charge in [-0.25, -0.2) is 0 Å². The van der Waals surface area contributed by atoms with Gasteiger partial charge in [-0.3, -0.25) is 14.4 Å². The molecule has 26 heavy (non-hydrogen) atoms. The van der Waals surface area contributed by atoms with Gasteiger partial charge >= 0.3 is 0 Å². The molecule has 2 aromatic rings. The summed E-state index contributed by atoms with van der Waals surface area (Å²) in [6.07, 6.45) is 0.670. The molecule has 2 aromatic carbocycles. The molecular weight excluding hydrogens is 334 g/mol. The number of carbonyl (C=O) groups is 3. The average Bonchev–Trinajstić information content (AvgIpc) is 2.62. The van der Waals surface area contributed by atoms with Crippen LogP contribution in [0.2, 0.25) is 0 Å². The van der Waals surface area contributed by atoms with Crippen LogP contribution in [0.3, 0.4) is 0 Å². The lowest BCUT2D eigenvalue weighted by atomic mass is 9.99. The first kappa shape index (κ1) is 17.5. The molecule has 0 radical (unpaired) electrons. The van der Waals surface area contributed by atoms with E-state index in [4.69, 9.17) is 4.74 Å². The second kappa shape index (κ2) is 7.69. The first-order chi connectivity index (χ1) is 12.5. The van der Waals surface area contributed by atoms with Crippen LogP contribution in [0.4, 0.5) is 11.4 Å². The Labute approximate surface area is 150 Å². The number of carbonyl (C=O) groups excluding carboxylic acids is 3. The van der Waals surface area contributed by atoms with Crippen LogP contribution in [0.1, 0.15) is 22.8 Å². The van der Waals surface area contributed by atoms with Gasteiger partial charge in [0.1, 0.15) is 5.75 Å². The van der Waals surface area contributed by atoms with Crippen molar-refractivity contribution >= 4 is 29.1 Å². The van der Waals surface area contributed by atoms with Gasteiger partial charge in [0.2, 0.25) is 5.91 Å². The molecule has 3 amide bonds. The van der Waals surface area contributed by atoms with E-state index in [2.05, 4.69) is 16.0 Å². The Morgan fingerprint density at radius 1 is 1.08 bits per heavy atom. The zero-order valence-electron chi connectivity index (χ0n) is 14.3. The van der Waals surface area contributed by atoms with Crippen molar-refractivity contribution in [3.8, 4) is 5.75 Å². The third-order valence-electron chi connectivity index (χ3n) is 3.89. The predicted octanol–water partition coefficient (Wildman–Crippen LogP) is 1.95. The van der Waals surface area contributed by atoms with Crippen molar-refractivity contribution in [1.82, 2.24) is 5.32 Å². The number of anilines is 2. The van der Waals surface area contributed by atoms with Crippen LogP contribution in [0.15, 0.2) is 42.5 Å². The molecule has 0 aromatic heterocycles. The first-order valence-corrected chi connectivity index (χ1v) is 8.23. The summed E-state index contributed by atoms with van der Waals surface area (Å²) in [5, 5.41) is 8.16. The van der Waals surface area contributed by atoms with Crippen molar-refractivity contribution < 1.29 is 19.1 Å². The number of hydrogen-bond acceptors (Lipinski definition) is 4. The van der Waals surface area contributed by atoms with Crippen molar-refractivity contribution in [3.63, 3.8) is 0 Å². The summed E-state index contributed by atoms with van der Waals surface area (Å²) in [4.78, 5) is 34.9. The summed E-state index contributed by atoms with van der Waals surface area (Å²) in [6, 6.07) is 12.0. The molecule has 0 unspecified atom stereocenters. The van der Waals surface area contributed by atoms with Crippen LogP contribution in [0.25, 0.3) is 0 Å². The maximum absolute atomic E-state index is 12.1. The molecule has 7 heteroatoms. The van der Waals surface area contributed by atoms with Crippen LogP contribution < -0.4 is 20.7 Å². The minimum absolute atomic E-state index is 0.125. The Balaban J connectivity index is 1.59. The van der Waals surface area contributed by atoms with Crippen molar-refractivity contribution in [2.24, 2.45) is 0 Å². The highest BCUT2D eigenvalue weighted by Gasteiger charge is 2.20. The lowest BCUT2D eigenvalue weighted by molar-refractivity contribution is -0.118. The summed E-state index contributed by atoms with van der Waals surface area (Å²) in [5.41, 5.74) is 2.66. The van der Waals surface area contributed by atoms with Crippen molar-refractivity contribution in [2.75, 3.05) is 23.8 Å². The van der Waals surface area contributed by atoms with E-state index in [-0.39, 0.29) is 24.3 Å². The topological polar surface area (TPSA) is 96.5 Å². The third-order valence-corrected chi connectivity index (χ3v) is 3.89. The zero-order chi connectivity index (χ0) is 18.5. The van der Waals surface area contributed by atoms with Crippen LogP contribution in [0.5, 0.6) is 5.75 Å². The van der Waals surface area contributed by atoms with Crippen LogP contribution in [-0.2, 0) is 16.0 Å². The second-order valence-corrected chi connectivity index (χ2v) is 5.88. The molecule has 3 rings (SSSR count). The largest absolute Gasteiger partial charge is 0.483 e. The van der Waals surface area contributed by atoms with E-state index in [1.54, 1.807) is 42.5 Å². The minimum Gasteiger partial charge on any atom is -0.483 e. The van der Waals surface area contributed by atoms with Crippen LogP contribution >= 0.6 is 0 Å². The SMILES string of the molecule is CC(=O)Nc1ccc(NC(=O)COc2cccc3c2CCNC3=O)cc1. The van der Waals surface area contributed by atoms with Crippen LogP contribution in [-0.4, -0.2) is 30.9 Å². The minimum atomic E-state index is -0.310. The van der Waals surface area contributed by atoms with Gasteiger partial charge in [-0.1, -0.05) is 6.07 Å². The van der Waals surface area contributed by atoms with Gasteiger partial charge in [0.15, 0.2) is 6.61 Å². The van der Waals surface area contributed by atoms with Gasteiger partial charge in [-0.2, -0.15) is 0 Å². The molecule has 0 bridgehead atoms. The maximum atomic E-state index is 12.1. The molecule has 1 aliphatic rings. The third kappa shape index (κ3) is 4.18. The molecule has 3 N–H and O–H groups in total. The fraction of sp³-hybridized carbons (Fsp3) is 0.211. The van der Waals surface area contributed by atoms with Gasteiger partial charge < -0.3 is 20.7 Å².